The van der Waals surface area contributed by atoms with Crippen molar-refractivity contribution in [2.75, 3.05) is 31.6 Å². The fourth-order valence-electron chi connectivity index (χ4n) is 2.59. The second-order valence-electron chi connectivity index (χ2n) is 5.14. The lowest BCUT2D eigenvalue weighted by atomic mass is 10.0. The molecule has 1 fully saturated rings. The third kappa shape index (κ3) is 4.38. The molecule has 2 rings (SSSR count). The highest BCUT2D eigenvalue weighted by Crippen LogP contribution is 2.22. The number of halogens is 1. The second-order valence-corrected chi connectivity index (χ2v) is 6.73. The largest absolute Gasteiger partial charge is 0.313 e. The highest BCUT2D eigenvalue weighted by atomic mass is 35.5. The third-order valence-electron chi connectivity index (χ3n) is 3.81. The van der Waals surface area contributed by atoms with Gasteiger partial charge < -0.3 is 5.32 Å². The van der Waals surface area contributed by atoms with Crippen LogP contribution in [-0.2, 0) is 0 Å². The predicted octanol–water partition coefficient (Wildman–Crippen LogP) is 3.43. The van der Waals surface area contributed by atoms with Gasteiger partial charge in [0, 0.05) is 41.7 Å². The fourth-order valence-corrected chi connectivity index (χ4v) is 3.87. The van der Waals surface area contributed by atoms with Crippen LogP contribution < -0.4 is 5.32 Å². The van der Waals surface area contributed by atoms with Gasteiger partial charge in [0.1, 0.15) is 0 Å². The quantitative estimate of drug-likeness (QED) is 0.896. The number of rotatable bonds is 5. The summed E-state index contributed by atoms with van der Waals surface area (Å²) in [4.78, 5) is 2.60. The first-order valence-corrected chi connectivity index (χ1v) is 8.48. The summed E-state index contributed by atoms with van der Waals surface area (Å²) in [5.41, 5.74) is 1.29. The van der Waals surface area contributed by atoms with Crippen molar-refractivity contribution in [1.82, 2.24) is 10.2 Å². The van der Waals surface area contributed by atoms with Crippen LogP contribution in [0.1, 0.15) is 24.9 Å². The summed E-state index contributed by atoms with van der Waals surface area (Å²) in [6.07, 6.45) is 1.13. The predicted molar refractivity (Wildman–Crippen MR) is 86.2 cm³/mol. The van der Waals surface area contributed by atoms with E-state index >= 15 is 0 Å². The molecule has 0 aromatic heterocycles. The summed E-state index contributed by atoms with van der Waals surface area (Å²) in [7, 11) is 2.03. The highest BCUT2D eigenvalue weighted by molar-refractivity contribution is 7.99. The van der Waals surface area contributed by atoms with E-state index in [0.29, 0.717) is 12.1 Å². The average Bonchev–Trinajstić information content (AvgIpc) is 2.41. The Morgan fingerprint density at radius 2 is 2.37 bits per heavy atom. The van der Waals surface area contributed by atoms with E-state index in [1.165, 1.54) is 23.6 Å². The van der Waals surface area contributed by atoms with Gasteiger partial charge in [0.2, 0.25) is 0 Å². The van der Waals surface area contributed by atoms with E-state index in [1.807, 2.05) is 19.2 Å². The Balaban J connectivity index is 1.92. The molecule has 1 aliphatic rings. The van der Waals surface area contributed by atoms with E-state index in [0.717, 1.165) is 18.0 Å². The first-order chi connectivity index (χ1) is 9.20. The zero-order valence-electron chi connectivity index (χ0n) is 11.7. The van der Waals surface area contributed by atoms with Gasteiger partial charge in [0.05, 0.1) is 0 Å². The molecule has 0 spiro atoms. The Bertz CT molecular complexity index is 399. The van der Waals surface area contributed by atoms with Gasteiger partial charge in [0.25, 0.3) is 0 Å². The van der Waals surface area contributed by atoms with Gasteiger partial charge in [-0.3, -0.25) is 4.90 Å². The van der Waals surface area contributed by atoms with Crippen molar-refractivity contribution in [2.24, 2.45) is 0 Å². The number of thioether (sulfide) groups is 1. The van der Waals surface area contributed by atoms with Crippen LogP contribution in [-0.4, -0.2) is 42.6 Å². The minimum absolute atomic E-state index is 0.389. The molecular weight excluding hydrogens is 276 g/mol. The Kier molecular flexibility index (Phi) is 6.02. The van der Waals surface area contributed by atoms with Crippen LogP contribution in [0.15, 0.2) is 24.3 Å². The van der Waals surface area contributed by atoms with Gasteiger partial charge in [-0.05, 0) is 38.1 Å². The lowest BCUT2D eigenvalue weighted by Gasteiger charge is -2.34. The summed E-state index contributed by atoms with van der Waals surface area (Å²) in [6, 6.07) is 9.28. The maximum atomic E-state index is 6.08. The van der Waals surface area contributed by atoms with Gasteiger partial charge in [-0.15, -0.1) is 0 Å². The van der Waals surface area contributed by atoms with Gasteiger partial charge in [-0.2, -0.15) is 11.8 Å². The smallest absolute Gasteiger partial charge is 0.0409 e. The van der Waals surface area contributed by atoms with Crippen LogP contribution in [0, 0.1) is 0 Å². The second kappa shape index (κ2) is 7.53. The van der Waals surface area contributed by atoms with Crippen molar-refractivity contribution in [1.29, 1.82) is 0 Å². The number of nitrogens with zero attached hydrogens (tertiary/aromatic N) is 1. The third-order valence-corrected chi connectivity index (χ3v) is 5.23. The van der Waals surface area contributed by atoms with Crippen molar-refractivity contribution >= 4 is 23.4 Å². The standard InChI is InChI=1S/C15H23ClN2S/c1-12-11-19-9-8-18(12)7-6-15(17-2)13-4-3-5-14(16)10-13/h3-5,10,12,15,17H,6-9,11H2,1-2H3. The highest BCUT2D eigenvalue weighted by Gasteiger charge is 2.19. The van der Waals surface area contributed by atoms with Crippen LogP contribution in [0.2, 0.25) is 5.02 Å². The molecule has 1 aliphatic heterocycles. The van der Waals surface area contributed by atoms with Gasteiger partial charge in [-0.1, -0.05) is 23.7 Å². The average molecular weight is 299 g/mol. The number of hydrogen-bond acceptors (Lipinski definition) is 3. The molecule has 4 heteroatoms. The Morgan fingerprint density at radius 1 is 1.53 bits per heavy atom. The first kappa shape index (κ1) is 15.2. The maximum absolute atomic E-state index is 6.08. The Hall–Kier alpha value is -0.220. The van der Waals surface area contributed by atoms with Gasteiger partial charge in [0.15, 0.2) is 0 Å². The van der Waals surface area contributed by atoms with Crippen molar-refractivity contribution in [3.63, 3.8) is 0 Å². The molecule has 1 saturated heterocycles. The molecule has 1 aromatic carbocycles. The van der Waals surface area contributed by atoms with E-state index in [9.17, 15) is 0 Å². The molecule has 0 aliphatic carbocycles. The van der Waals surface area contributed by atoms with Gasteiger partial charge >= 0.3 is 0 Å². The van der Waals surface area contributed by atoms with Crippen LogP contribution in [0.4, 0.5) is 0 Å². The zero-order chi connectivity index (χ0) is 13.7. The molecule has 0 saturated carbocycles. The molecule has 2 nitrogen and oxygen atoms in total. The first-order valence-electron chi connectivity index (χ1n) is 6.95. The lowest BCUT2D eigenvalue weighted by molar-refractivity contribution is 0.220. The van der Waals surface area contributed by atoms with Crippen LogP contribution in [0.3, 0.4) is 0 Å². The summed E-state index contributed by atoms with van der Waals surface area (Å²) in [5.74, 6) is 2.53. The zero-order valence-corrected chi connectivity index (χ0v) is 13.3. The van der Waals surface area contributed by atoms with E-state index in [2.05, 4.69) is 41.0 Å². The molecule has 19 heavy (non-hydrogen) atoms. The number of nitrogens with one attached hydrogen (secondary N) is 1. The molecule has 2 atom stereocenters. The van der Waals surface area contributed by atoms with E-state index in [-0.39, 0.29) is 0 Å². The summed E-state index contributed by atoms with van der Waals surface area (Å²) in [6.45, 7) is 4.71. The normalized spacial score (nSPS) is 22.4. The molecule has 0 amide bonds. The molecule has 0 bridgehead atoms. The summed E-state index contributed by atoms with van der Waals surface area (Å²) in [5, 5.41) is 4.23. The van der Waals surface area contributed by atoms with Gasteiger partial charge in [-0.25, -0.2) is 0 Å². The fraction of sp³-hybridized carbons (Fsp3) is 0.600. The number of benzene rings is 1. The van der Waals surface area contributed by atoms with E-state index in [1.54, 1.807) is 0 Å². The molecular formula is C15H23ClN2S. The topological polar surface area (TPSA) is 15.3 Å². The SMILES string of the molecule is CNC(CCN1CCSCC1C)c1cccc(Cl)c1. The molecule has 0 radical (unpaired) electrons. The van der Waals surface area contributed by atoms with Crippen LogP contribution in [0.5, 0.6) is 0 Å². The van der Waals surface area contributed by atoms with E-state index < -0.39 is 0 Å². The minimum Gasteiger partial charge on any atom is -0.313 e. The monoisotopic (exact) mass is 298 g/mol. The van der Waals surface area contributed by atoms with Crippen molar-refractivity contribution in [3.05, 3.63) is 34.9 Å². The summed E-state index contributed by atoms with van der Waals surface area (Å²) >= 11 is 8.15. The van der Waals surface area contributed by atoms with Crippen molar-refractivity contribution in [3.8, 4) is 0 Å². The number of hydrogen-bond donors (Lipinski definition) is 1. The lowest BCUT2D eigenvalue weighted by Crippen LogP contribution is -2.41. The van der Waals surface area contributed by atoms with Crippen molar-refractivity contribution in [2.45, 2.75) is 25.4 Å². The Morgan fingerprint density at radius 3 is 3.05 bits per heavy atom. The van der Waals surface area contributed by atoms with E-state index in [4.69, 9.17) is 11.6 Å². The summed E-state index contributed by atoms with van der Waals surface area (Å²) < 4.78 is 0. The minimum atomic E-state index is 0.389. The van der Waals surface area contributed by atoms with Crippen LogP contribution >= 0.6 is 23.4 Å². The van der Waals surface area contributed by atoms with Crippen molar-refractivity contribution < 1.29 is 0 Å². The maximum Gasteiger partial charge on any atom is 0.0409 e. The molecule has 1 heterocycles. The molecule has 106 valence electrons. The molecule has 1 aromatic rings. The molecule has 2 unspecified atom stereocenters. The Labute approximate surface area is 125 Å². The van der Waals surface area contributed by atoms with Crippen LogP contribution in [0.25, 0.3) is 0 Å². The molecule has 1 N–H and O–H groups in total.